The van der Waals surface area contributed by atoms with Crippen molar-refractivity contribution in [1.29, 1.82) is 10.5 Å². The maximum absolute atomic E-state index is 9.56. The largest absolute Gasteiger partial charge is 0.368 e. The lowest BCUT2D eigenvalue weighted by Gasteiger charge is -2.41. The smallest absolute Gasteiger partial charge is 0.103 e. The molecule has 142 valence electrons. The summed E-state index contributed by atoms with van der Waals surface area (Å²) < 4.78 is 0. The molecule has 29 heavy (non-hydrogen) atoms. The number of hydrogen-bond acceptors (Lipinski definition) is 4. The minimum Gasteiger partial charge on any atom is -0.368 e. The van der Waals surface area contributed by atoms with Crippen molar-refractivity contribution in [3.63, 3.8) is 0 Å². The lowest BCUT2D eigenvalue weighted by Crippen LogP contribution is -2.48. The van der Waals surface area contributed by atoms with Crippen molar-refractivity contribution in [2.75, 3.05) is 31.1 Å². The molecule has 4 heteroatoms. The summed E-state index contributed by atoms with van der Waals surface area (Å²) in [5, 5.41) is 18.9. The van der Waals surface area contributed by atoms with E-state index in [9.17, 15) is 10.5 Å². The van der Waals surface area contributed by atoms with Crippen LogP contribution in [-0.2, 0) is 0 Å². The molecule has 1 aliphatic heterocycles. The van der Waals surface area contributed by atoms with Gasteiger partial charge in [0.1, 0.15) is 12.1 Å². The molecule has 0 aromatic heterocycles. The molecule has 0 spiro atoms. The summed E-state index contributed by atoms with van der Waals surface area (Å²) in [5.41, 5.74) is 4.36. The highest BCUT2D eigenvalue weighted by Crippen LogP contribution is 2.31. The molecular formula is C25H22N4. The van der Waals surface area contributed by atoms with Gasteiger partial charge in [-0.15, -0.1) is 0 Å². The molecule has 3 aromatic carbocycles. The molecule has 1 fully saturated rings. The van der Waals surface area contributed by atoms with E-state index >= 15 is 0 Å². The van der Waals surface area contributed by atoms with E-state index in [0.717, 1.165) is 31.9 Å². The third-order valence-corrected chi connectivity index (χ3v) is 5.53. The second-order valence-electron chi connectivity index (χ2n) is 7.17. The number of piperazine rings is 1. The number of rotatable bonds is 4. The van der Waals surface area contributed by atoms with Crippen LogP contribution in [0.4, 0.5) is 5.69 Å². The van der Waals surface area contributed by atoms with Gasteiger partial charge in [0.2, 0.25) is 0 Å². The molecule has 0 amide bonds. The van der Waals surface area contributed by atoms with E-state index in [-0.39, 0.29) is 6.04 Å². The Hall–Kier alpha value is -3.60. The Morgan fingerprint density at radius 3 is 1.76 bits per heavy atom. The first-order chi connectivity index (χ1) is 14.3. The van der Waals surface area contributed by atoms with Crippen LogP contribution in [0.2, 0.25) is 0 Å². The van der Waals surface area contributed by atoms with Gasteiger partial charge >= 0.3 is 0 Å². The lowest BCUT2D eigenvalue weighted by molar-refractivity contribution is 0.212. The van der Waals surface area contributed by atoms with Crippen molar-refractivity contribution in [3.05, 3.63) is 101 Å². The molecule has 1 aliphatic rings. The highest BCUT2D eigenvalue weighted by atomic mass is 15.3. The zero-order valence-corrected chi connectivity index (χ0v) is 16.2. The van der Waals surface area contributed by atoms with Gasteiger partial charge in [-0.3, -0.25) is 4.90 Å². The van der Waals surface area contributed by atoms with Crippen molar-refractivity contribution >= 4 is 5.69 Å². The first-order valence-corrected chi connectivity index (χ1v) is 9.84. The van der Waals surface area contributed by atoms with Gasteiger partial charge in [-0.1, -0.05) is 66.7 Å². The maximum Gasteiger partial charge on any atom is 0.103 e. The third-order valence-electron chi connectivity index (χ3n) is 5.53. The molecule has 0 atom stereocenters. The Labute approximate surface area is 171 Å². The molecule has 0 aliphatic carbocycles. The summed E-state index contributed by atoms with van der Waals surface area (Å²) in [6.45, 7) is 3.41. The number of nitrogens with zero attached hydrogens (tertiary/aromatic N) is 4. The van der Waals surface area contributed by atoms with Crippen molar-refractivity contribution < 1.29 is 0 Å². The van der Waals surface area contributed by atoms with Gasteiger partial charge in [-0.2, -0.15) is 10.5 Å². The topological polar surface area (TPSA) is 54.1 Å². The molecule has 0 unspecified atom stereocenters. The fraction of sp³-hybridized carbons (Fsp3) is 0.200. The Morgan fingerprint density at radius 1 is 0.655 bits per heavy atom. The Kier molecular flexibility index (Phi) is 5.56. The molecule has 0 radical (unpaired) electrons. The normalized spacial score (nSPS) is 14.4. The van der Waals surface area contributed by atoms with E-state index in [1.54, 1.807) is 6.07 Å². The van der Waals surface area contributed by atoms with E-state index < -0.39 is 0 Å². The van der Waals surface area contributed by atoms with Crippen molar-refractivity contribution in [3.8, 4) is 12.1 Å². The summed E-state index contributed by atoms with van der Waals surface area (Å²) in [7, 11) is 0. The van der Waals surface area contributed by atoms with Crippen LogP contribution in [0.1, 0.15) is 28.3 Å². The summed E-state index contributed by atoms with van der Waals surface area (Å²) in [6.07, 6.45) is 0. The van der Waals surface area contributed by atoms with E-state index in [0.29, 0.717) is 11.1 Å². The van der Waals surface area contributed by atoms with Crippen molar-refractivity contribution in [1.82, 2.24) is 4.90 Å². The molecule has 4 rings (SSSR count). The molecule has 1 heterocycles. The average molecular weight is 378 g/mol. The maximum atomic E-state index is 9.56. The van der Waals surface area contributed by atoms with E-state index in [4.69, 9.17) is 0 Å². The summed E-state index contributed by atoms with van der Waals surface area (Å²) in [5.74, 6) is 0. The number of benzene rings is 3. The van der Waals surface area contributed by atoms with Gasteiger partial charge < -0.3 is 4.90 Å². The van der Waals surface area contributed by atoms with Gasteiger partial charge in [0, 0.05) is 26.2 Å². The van der Waals surface area contributed by atoms with Crippen LogP contribution in [0.3, 0.4) is 0 Å². The number of nitriles is 2. The quantitative estimate of drug-likeness (QED) is 0.678. The number of hydrogen-bond donors (Lipinski definition) is 0. The SMILES string of the molecule is N#Cc1cccc(N2CCN(C(c3ccccc3)c3ccccc3)CC2)c1C#N. The summed E-state index contributed by atoms with van der Waals surface area (Å²) >= 11 is 0. The predicted octanol–water partition coefficient (Wildman–Crippen LogP) is 4.34. The Morgan fingerprint density at radius 2 is 1.24 bits per heavy atom. The lowest BCUT2D eigenvalue weighted by atomic mass is 9.96. The molecule has 4 nitrogen and oxygen atoms in total. The molecular weight excluding hydrogens is 356 g/mol. The zero-order chi connectivity index (χ0) is 20.1. The number of anilines is 1. The van der Waals surface area contributed by atoms with Gasteiger partial charge in [0.25, 0.3) is 0 Å². The average Bonchev–Trinajstić information content (AvgIpc) is 2.80. The van der Waals surface area contributed by atoms with Crippen LogP contribution in [0.15, 0.2) is 78.9 Å². The predicted molar refractivity (Wildman–Crippen MR) is 114 cm³/mol. The minimum atomic E-state index is 0.209. The van der Waals surface area contributed by atoms with Gasteiger partial charge in [-0.25, -0.2) is 0 Å². The van der Waals surface area contributed by atoms with Crippen molar-refractivity contribution in [2.45, 2.75) is 6.04 Å². The van der Waals surface area contributed by atoms with Gasteiger partial charge in [0.15, 0.2) is 0 Å². The van der Waals surface area contributed by atoms with Gasteiger partial charge in [-0.05, 0) is 23.3 Å². The molecule has 1 saturated heterocycles. The fourth-order valence-electron chi connectivity index (χ4n) is 4.12. The molecule has 0 bridgehead atoms. The van der Waals surface area contributed by atoms with E-state index in [1.165, 1.54) is 11.1 Å². The summed E-state index contributed by atoms with van der Waals surface area (Å²) in [4.78, 5) is 4.73. The Balaban J connectivity index is 1.58. The molecule has 0 saturated carbocycles. The highest BCUT2D eigenvalue weighted by molar-refractivity contribution is 5.65. The zero-order valence-electron chi connectivity index (χ0n) is 16.2. The van der Waals surface area contributed by atoms with Crippen LogP contribution in [-0.4, -0.2) is 31.1 Å². The minimum absolute atomic E-state index is 0.209. The molecule has 0 N–H and O–H groups in total. The van der Waals surface area contributed by atoms with Crippen molar-refractivity contribution in [2.24, 2.45) is 0 Å². The van der Waals surface area contributed by atoms with Crippen LogP contribution in [0.25, 0.3) is 0 Å². The second kappa shape index (κ2) is 8.61. The van der Waals surface area contributed by atoms with Crippen LogP contribution < -0.4 is 4.90 Å². The third kappa shape index (κ3) is 3.85. The van der Waals surface area contributed by atoms with E-state index in [2.05, 4.69) is 82.6 Å². The monoisotopic (exact) mass is 378 g/mol. The first-order valence-electron chi connectivity index (χ1n) is 9.84. The fourth-order valence-corrected chi connectivity index (χ4v) is 4.12. The first kappa shape index (κ1) is 18.7. The molecule has 3 aromatic rings. The van der Waals surface area contributed by atoms with Gasteiger partial charge in [0.05, 0.1) is 22.9 Å². The summed E-state index contributed by atoms with van der Waals surface area (Å²) in [6, 6.07) is 31.3. The van der Waals surface area contributed by atoms with Crippen LogP contribution in [0, 0.1) is 22.7 Å². The van der Waals surface area contributed by atoms with Crippen LogP contribution >= 0.6 is 0 Å². The Bertz CT molecular complexity index is 1000. The van der Waals surface area contributed by atoms with E-state index in [1.807, 2.05) is 12.1 Å². The standard InChI is InChI=1S/C25H22N4/c26-18-22-12-7-13-24(23(22)19-27)28-14-16-29(17-15-28)25(20-8-3-1-4-9-20)21-10-5-2-6-11-21/h1-13,25H,14-17H2. The second-order valence-corrected chi connectivity index (χ2v) is 7.17. The van der Waals surface area contributed by atoms with Crippen LogP contribution in [0.5, 0.6) is 0 Å². The highest BCUT2D eigenvalue weighted by Gasteiger charge is 2.27.